The van der Waals surface area contributed by atoms with E-state index in [1.807, 2.05) is 6.08 Å². The van der Waals surface area contributed by atoms with Crippen molar-refractivity contribution in [2.45, 2.75) is 71.7 Å². The quantitative estimate of drug-likeness (QED) is 0.765. The highest BCUT2D eigenvalue weighted by atomic mass is 16.6. The van der Waals surface area contributed by atoms with Gasteiger partial charge in [-0.25, -0.2) is 0 Å². The highest BCUT2D eigenvalue weighted by molar-refractivity contribution is 5.40. The Bertz CT molecular complexity index is 604. The summed E-state index contributed by atoms with van der Waals surface area (Å²) in [6.45, 7) is 9.23. The highest BCUT2D eigenvalue weighted by Crippen LogP contribution is 2.67. The van der Waals surface area contributed by atoms with Crippen LogP contribution in [0.15, 0.2) is 22.8 Å². The molecule has 3 nitrogen and oxygen atoms in total. The Labute approximate surface area is 139 Å². The molecule has 2 aliphatic carbocycles. The van der Waals surface area contributed by atoms with Crippen molar-refractivity contribution >= 4 is 0 Å². The van der Waals surface area contributed by atoms with E-state index in [9.17, 15) is 10.2 Å². The Kier molecular flexibility index (Phi) is 3.25. The van der Waals surface area contributed by atoms with Crippen molar-refractivity contribution < 1.29 is 14.9 Å². The number of allylic oxidation sites excluding steroid dienone is 2. The van der Waals surface area contributed by atoms with Crippen molar-refractivity contribution in [1.82, 2.24) is 0 Å². The van der Waals surface area contributed by atoms with E-state index in [1.54, 1.807) is 11.1 Å². The van der Waals surface area contributed by atoms with Gasteiger partial charge in [0.15, 0.2) is 5.79 Å². The first-order valence-electron chi connectivity index (χ1n) is 9.20. The lowest BCUT2D eigenvalue weighted by molar-refractivity contribution is -0.288. The predicted molar refractivity (Wildman–Crippen MR) is 89.6 cm³/mol. The molecule has 1 saturated heterocycles. The largest absolute Gasteiger partial charge is 0.392 e. The fourth-order valence-corrected chi connectivity index (χ4v) is 5.94. The molecule has 5 atom stereocenters. The summed E-state index contributed by atoms with van der Waals surface area (Å²) in [6, 6.07) is 0. The Morgan fingerprint density at radius 2 is 2.00 bits per heavy atom. The number of aliphatic hydroxyl groups is 2. The van der Waals surface area contributed by atoms with Crippen molar-refractivity contribution in [3.8, 4) is 0 Å². The molecule has 2 heterocycles. The van der Waals surface area contributed by atoms with Gasteiger partial charge >= 0.3 is 0 Å². The first-order chi connectivity index (χ1) is 10.7. The van der Waals surface area contributed by atoms with Gasteiger partial charge in [-0.2, -0.15) is 0 Å². The van der Waals surface area contributed by atoms with E-state index in [0.29, 0.717) is 17.3 Å². The fourth-order valence-electron chi connectivity index (χ4n) is 5.94. The molecule has 2 bridgehead atoms. The number of hydrogen-bond donors (Lipinski definition) is 2. The molecule has 0 spiro atoms. The zero-order valence-electron chi connectivity index (χ0n) is 14.9. The third-order valence-corrected chi connectivity index (χ3v) is 7.52. The Morgan fingerprint density at radius 3 is 2.65 bits per heavy atom. The van der Waals surface area contributed by atoms with E-state index in [2.05, 4.69) is 27.7 Å². The fraction of sp³-hybridized carbons (Fsp3) is 0.800. The molecule has 0 aromatic carbocycles. The normalized spacial score (nSPS) is 48.6. The second-order valence-electron chi connectivity index (χ2n) is 9.04. The summed E-state index contributed by atoms with van der Waals surface area (Å²) in [4.78, 5) is 0. The molecule has 0 amide bonds. The SMILES string of the molecule is CC(C)C1=C2[C@H]3C[C@H]4OC(O)(C=C4CO)[C@]3(C)CC[C@@]2(C)CC1. The van der Waals surface area contributed by atoms with Crippen LogP contribution in [0.5, 0.6) is 0 Å². The van der Waals surface area contributed by atoms with E-state index in [4.69, 9.17) is 4.74 Å². The molecule has 0 aromatic rings. The van der Waals surface area contributed by atoms with Gasteiger partial charge in [-0.15, -0.1) is 0 Å². The van der Waals surface area contributed by atoms with Gasteiger partial charge in [0.2, 0.25) is 0 Å². The molecule has 4 rings (SSSR count). The maximum absolute atomic E-state index is 11.3. The molecule has 0 radical (unpaired) electrons. The second kappa shape index (κ2) is 4.71. The second-order valence-corrected chi connectivity index (χ2v) is 9.04. The Hall–Kier alpha value is -0.640. The molecular weight excluding hydrogens is 288 g/mol. The van der Waals surface area contributed by atoms with Gasteiger partial charge in [0.1, 0.15) is 0 Å². The molecule has 1 saturated carbocycles. The van der Waals surface area contributed by atoms with Gasteiger partial charge in [0.05, 0.1) is 12.7 Å². The van der Waals surface area contributed by atoms with Gasteiger partial charge in [0.25, 0.3) is 0 Å². The van der Waals surface area contributed by atoms with E-state index in [-0.39, 0.29) is 18.1 Å². The summed E-state index contributed by atoms with van der Waals surface area (Å²) < 4.78 is 6.02. The monoisotopic (exact) mass is 318 g/mol. The van der Waals surface area contributed by atoms with Crippen LogP contribution >= 0.6 is 0 Å². The van der Waals surface area contributed by atoms with Crippen LogP contribution in [0.4, 0.5) is 0 Å². The van der Waals surface area contributed by atoms with Crippen molar-refractivity contribution in [1.29, 1.82) is 0 Å². The smallest absolute Gasteiger partial charge is 0.192 e. The number of aliphatic hydroxyl groups excluding tert-OH is 1. The maximum Gasteiger partial charge on any atom is 0.192 e. The first-order valence-corrected chi connectivity index (χ1v) is 9.20. The average Bonchev–Trinajstić information content (AvgIpc) is 2.98. The molecule has 2 N–H and O–H groups in total. The molecule has 128 valence electrons. The number of hydrogen-bond acceptors (Lipinski definition) is 3. The van der Waals surface area contributed by atoms with Crippen LogP contribution in [-0.4, -0.2) is 28.7 Å². The van der Waals surface area contributed by atoms with Gasteiger partial charge in [-0.05, 0) is 61.0 Å². The summed E-state index contributed by atoms with van der Waals surface area (Å²) >= 11 is 0. The zero-order chi connectivity index (χ0) is 16.6. The van der Waals surface area contributed by atoms with Gasteiger partial charge in [-0.1, -0.05) is 38.8 Å². The highest BCUT2D eigenvalue weighted by Gasteiger charge is 2.65. The molecule has 2 aliphatic heterocycles. The van der Waals surface area contributed by atoms with E-state index in [0.717, 1.165) is 24.8 Å². The van der Waals surface area contributed by atoms with Crippen molar-refractivity contribution in [2.24, 2.45) is 22.7 Å². The van der Waals surface area contributed by atoms with Crippen LogP contribution < -0.4 is 0 Å². The molecule has 0 aromatic heterocycles. The predicted octanol–water partition coefficient (Wildman–Crippen LogP) is 3.57. The minimum absolute atomic E-state index is 0.0108. The van der Waals surface area contributed by atoms with Crippen LogP contribution in [0.25, 0.3) is 0 Å². The summed E-state index contributed by atoms with van der Waals surface area (Å²) in [5.41, 5.74) is 4.14. The van der Waals surface area contributed by atoms with Crippen molar-refractivity contribution in [3.05, 3.63) is 22.8 Å². The summed E-state index contributed by atoms with van der Waals surface area (Å²) in [7, 11) is 0. The van der Waals surface area contributed by atoms with Crippen molar-refractivity contribution in [2.75, 3.05) is 6.61 Å². The number of rotatable bonds is 2. The van der Waals surface area contributed by atoms with Gasteiger partial charge < -0.3 is 14.9 Å². The lowest BCUT2D eigenvalue weighted by Crippen LogP contribution is -2.58. The van der Waals surface area contributed by atoms with Gasteiger partial charge in [0, 0.05) is 5.41 Å². The molecule has 4 aliphatic rings. The minimum atomic E-state index is -1.21. The maximum atomic E-state index is 11.3. The van der Waals surface area contributed by atoms with Crippen molar-refractivity contribution in [3.63, 3.8) is 0 Å². The van der Waals surface area contributed by atoms with E-state index >= 15 is 0 Å². The molecule has 1 unspecified atom stereocenters. The molecule has 23 heavy (non-hydrogen) atoms. The number of ether oxygens (including phenoxy) is 1. The molecule has 3 heteroatoms. The zero-order valence-corrected chi connectivity index (χ0v) is 14.9. The lowest BCUT2D eigenvalue weighted by Gasteiger charge is -2.57. The summed E-state index contributed by atoms with van der Waals surface area (Å²) in [5, 5.41) is 20.9. The number of fused-ring (bicyclic) bond motifs is 6. The van der Waals surface area contributed by atoms with Crippen LogP contribution in [0, 0.1) is 22.7 Å². The van der Waals surface area contributed by atoms with Gasteiger partial charge in [-0.3, -0.25) is 0 Å². The summed E-state index contributed by atoms with van der Waals surface area (Å²) in [6.07, 6.45) is 7.20. The Balaban J connectivity index is 1.85. The van der Waals surface area contributed by atoms with Crippen LogP contribution in [-0.2, 0) is 4.74 Å². The van der Waals surface area contributed by atoms with Crippen LogP contribution in [0.2, 0.25) is 0 Å². The van der Waals surface area contributed by atoms with E-state index in [1.165, 1.54) is 12.8 Å². The van der Waals surface area contributed by atoms with Crippen LogP contribution in [0.1, 0.15) is 59.8 Å². The third-order valence-electron chi connectivity index (χ3n) is 7.52. The molecule has 2 fully saturated rings. The standard InChI is InChI=1S/C20H30O3/c1-12(2)14-5-6-18(3)7-8-19(4)15(17(14)18)9-16-13(11-21)10-20(19,22)23-16/h10,12,15-16,21-22H,5-9,11H2,1-4H3/t15-,16-,18-,19-,20?/m1/s1. The summed E-state index contributed by atoms with van der Waals surface area (Å²) in [5.74, 6) is -0.266. The minimum Gasteiger partial charge on any atom is -0.392 e. The van der Waals surface area contributed by atoms with E-state index < -0.39 is 5.79 Å². The Morgan fingerprint density at radius 1 is 1.26 bits per heavy atom. The first kappa shape index (κ1) is 15.9. The van der Waals surface area contributed by atoms with Crippen LogP contribution in [0.3, 0.4) is 0 Å². The average molecular weight is 318 g/mol. The molecular formula is C20H30O3. The topological polar surface area (TPSA) is 49.7 Å². The lowest BCUT2D eigenvalue weighted by atomic mass is 9.52. The third kappa shape index (κ3) is 1.87.